The summed E-state index contributed by atoms with van der Waals surface area (Å²) < 4.78 is 9.08. The SMILES string of the molecule is Cc1cccn2c(=O)c(-c3cccc(-c4noc(C5CC5)n4)c3)c(O)[n+](Cc3cnc(Cl)s3)c12. The summed E-state index contributed by atoms with van der Waals surface area (Å²) in [4.78, 5) is 23.0. The number of fused-ring (bicyclic) bond motifs is 1. The van der Waals surface area contributed by atoms with Gasteiger partial charge in [0.15, 0.2) is 10.0 Å². The first kappa shape index (κ1) is 21.0. The van der Waals surface area contributed by atoms with E-state index in [1.807, 2.05) is 31.2 Å². The number of rotatable bonds is 5. The Labute approximate surface area is 202 Å². The lowest BCUT2D eigenvalue weighted by Gasteiger charge is -2.11. The van der Waals surface area contributed by atoms with Crippen LogP contribution in [-0.2, 0) is 6.54 Å². The predicted molar refractivity (Wildman–Crippen MR) is 127 cm³/mol. The highest BCUT2D eigenvalue weighted by molar-refractivity contribution is 7.15. The largest absolute Gasteiger partial charge is 0.477 e. The number of aryl methyl sites for hydroxylation is 1. The Morgan fingerprint density at radius 3 is 2.85 bits per heavy atom. The second kappa shape index (κ2) is 8.03. The molecule has 4 heterocycles. The van der Waals surface area contributed by atoms with Gasteiger partial charge in [0.2, 0.25) is 11.7 Å². The molecule has 0 saturated heterocycles. The molecule has 170 valence electrons. The van der Waals surface area contributed by atoms with Crippen LogP contribution in [0, 0.1) is 6.92 Å². The van der Waals surface area contributed by atoms with Crippen LogP contribution in [0.1, 0.15) is 35.1 Å². The fourth-order valence-corrected chi connectivity index (χ4v) is 5.11. The lowest BCUT2D eigenvalue weighted by Crippen LogP contribution is -2.41. The van der Waals surface area contributed by atoms with Crippen molar-refractivity contribution in [2.75, 3.05) is 0 Å². The van der Waals surface area contributed by atoms with E-state index in [4.69, 9.17) is 16.1 Å². The molecule has 0 amide bonds. The Balaban J connectivity index is 1.54. The minimum absolute atomic E-state index is 0.132. The summed E-state index contributed by atoms with van der Waals surface area (Å²) >= 11 is 7.36. The second-order valence-electron chi connectivity index (χ2n) is 8.37. The molecule has 1 fully saturated rings. The first-order chi connectivity index (χ1) is 16.5. The zero-order chi connectivity index (χ0) is 23.4. The molecular formula is C24H19ClN5O3S+. The van der Waals surface area contributed by atoms with E-state index in [0.29, 0.717) is 45.4 Å². The zero-order valence-electron chi connectivity index (χ0n) is 18.1. The summed E-state index contributed by atoms with van der Waals surface area (Å²) in [7, 11) is 0. The van der Waals surface area contributed by atoms with Crippen LogP contribution in [0.5, 0.6) is 5.88 Å². The Bertz CT molecular complexity index is 1620. The lowest BCUT2D eigenvalue weighted by atomic mass is 10.0. The summed E-state index contributed by atoms with van der Waals surface area (Å²) in [5.41, 5.74) is 2.59. The average molecular weight is 493 g/mol. The first-order valence-electron chi connectivity index (χ1n) is 10.8. The number of hydrogen-bond acceptors (Lipinski definition) is 7. The topological polar surface area (TPSA) is 97.4 Å². The van der Waals surface area contributed by atoms with E-state index in [1.54, 1.807) is 33.5 Å². The van der Waals surface area contributed by atoms with Crippen LogP contribution in [-0.4, -0.2) is 24.6 Å². The number of pyridine rings is 1. The van der Waals surface area contributed by atoms with Gasteiger partial charge in [-0.25, -0.2) is 9.78 Å². The van der Waals surface area contributed by atoms with Crippen LogP contribution in [0.15, 0.2) is 58.1 Å². The zero-order valence-corrected chi connectivity index (χ0v) is 19.7. The van der Waals surface area contributed by atoms with Crippen molar-refractivity contribution in [3.05, 3.63) is 79.9 Å². The van der Waals surface area contributed by atoms with Gasteiger partial charge in [-0.05, 0) is 43.5 Å². The molecule has 8 nitrogen and oxygen atoms in total. The third kappa shape index (κ3) is 3.57. The molecule has 0 bridgehead atoms. The van der Waals surface area contributed by atoms with Gasteiger partial charge in [0.1, 0.15) is 6.54 Å². The molecule has 6 rings (SSSR count). The molecule has 1 N–H and O–H groups in total. The normalized spacial score (nSPS) is 13.6. The minimum atomic E-state index is -0.321. The van der Waals surface area contributed by atoms with Gasteiger partial charge in [0, 0.05) is 23.2 Å². The quantitative estimate of drug-likeness (QED) is 0.366. The van der Waals surface area contributed by atoms with Crippen LogP contribution in [0.2, 0.25) is 4.47 Å². The monoisotopic (exact) mass is 492 g/mol. The van der Waals surface area contributed by atoms with Crippen molar-refractivity contribution in [3.63, 3.8) is 0 Å². The number of thiazole rings is 1. The van der Waals surface area contributed by atoms with E-state index in [-0.39, 0.29) is 17.0 Å². The van der Waals surface area contributed by atoms with E-state index < -0.39 is 0 Å². The highest BCUT2D eigenvalue weighted by atomic mass is 35.5. The minimum Gasteiger partial charge on any atom is -0.477 e. The molecule has 4 aromatic heterocycles. The number of hydrogen-bond donors (Lipinski definition) is 1. The van der Waals surface area contributed by atoms with Gasteiger partial charge in [-0.3, -0.25) is 0 Å². The molecule has 1 aliphatic carbocycles. The number of aromatic hydroxyl groups is 1. The standard InChI is InChI=1S/C24H18ClN5O3S/c1-13-4-3-9-29-21(13)30(12-17-11-26-24(25)34-17)23(32)18(22(29)31)15-5-2-6-16(10-15)19-27-20(33-28-19)14-7-8-14/h2-6,9-11,14H,7-8,12H2,1H3/p+1. The van der Waals surface area contributed by atoms with Gasteiger partial charge in [-0.15, -0.1) is 11.3 Å². The maximum absolute atomic E-state index is 13.6. The molecule has 0 radical (unpaired) electrons. The third-order valence-electron chi connectivity index (χ3n) is 5.95. The highest BCUT2D eigenvalue weighted by Crippen LogP contribution is 2.39. The van der Waals surface area contributed by atoms with Crippen LogP contribution in [0.25, 0.3) is 28.2 Å². The van der Waals surface area contributed by atoms with Crippen molar-refractivity contribution in [3.8, 4) is 28.4 Å². The Kier molecular flexibility index (Phi) is 4.96. The van der Waals surface area contributed by atoms with Gasteiger partial charge in [0.25, 0.3) is 11.5 Å². The van der Waals surface area contributed by atoms with Crippen LogP contribution in [0.3, 0.4) is 0 Å². The molecule has 1 aromatic carbocycles. The Morgan fingerprint density at radius 1 is 1.26 bits per heavy atom. The molecule has 0 spiro atoms. The molecular weight excluding hydrogens is 474 g/mol. The van der Waals surface area contributed by atoms with Crippen LogP contribution < -0.4 is 10.1 Å². The average Bonchev–Trinajstić information content (AvgIpc) is 3.41. The summed E-state index contributed by atoms with van der Waals surface area (Å²) in [6.07, 6.45) is 5.50. The fraction of sp³-hybridized carbons (Fsp3) is 0.208. The molecule has 1 aliphatic rings. The predicted octanol–water partition coefficient (Wildman–Crippen LogP) is 4.35. The molecule has 10 heteroatoms. The number of halogens is 1. The van der Waals surface area contributed by atoms with Gasteiger partial charge in [-0.2, -0.15) is 14.0 Å². The third-order valence-corrected chi connectivity index (χ3v) is 7.05. The van der Waals surface area contributed by atoms with Gasteiger partial charge in [-0.1, -0.05) is 35.0 Å². The van der Waals surface area contributed by atoms with E-state index in [9.17, 15) is 9.90 Å². The van der Waals surface area contributed by atoms with E-state index in [2.05, 4.69) is 15.1 Å². The van der Waals surface area contributed by atoms with Gasteiger partial charge >= 0.3 is 5.56 Å². The maximum Gasteiger partial charge on any atom is 0.354 e. The summed E-state index contributed by atoms with van der Waals surface area (Å²) in [6.45, 7) is 2.21. The van der Waals surface area contributed by atoms with Crippen molar-refractivity contribution in [1.29, 1.82) is 0 Å². The Hall–Kier alpha value is -3.56. The summed E-state index contributed by atoms with van der Waals surface area (Å²) in [5, 5.41) is 15.5. The second-order valence-corrected chi connectivity index (χ2v) is 10.1. The molecule has 0 unspecified atom stereocenters. The number of benzene rings is 1. The van der Waals surface area contributed by atoms with Crippen molar-refractivity contribution < 1.29 is 14.2 Å². The van der Waals surface area contributed by atoms with E-state index >= 15 is 0 Å². The van der Waals surface area contributed by atoms with E-state index in [1.165, 1.54) is 11.3 Å². The van der Waals surface area contributed by atoms with Gasteiger partial charge < -0.3 is 9.63 Å². The smallest absolute Gasteiger partial charge is 0.354 e. The van der Waals surface area contributed by atoms with Crippen LogP contribution in [0.4, 0.5) is 0 Å². The van der Waals surface area contributed by atoms with E-state index in [0.717, 1.165) is 23.3 Å². The summed E-state index contributed by atoms with van der Waals surface area (Å²) in [5.74, 6) is 1.33. The summed E-state index contributed by atoms with van der Waals surface area (Å²) in [6, 6.07) is 11.0. The molecule has 1 saturated carbocycles. The first-order valence-corrected chi connectivity index (χ1v) is 12.0. The van der Waals surface area contributed by atoms with Crippen molar-refractivity contribution in [1.82, 2.24) is 19.5 Å². The molecule has 0 aliphatic heterocycles. The van der Waals surface area contributed by atoms with Crippen molar-refractivity contribution in [2.45, 2.75) is 32.2 Å². The molecule has 5 aromatic rings. The fourth-order valence-electron chi connectivity index (χ4n) is 4.14. The van der Waals surface area contributed by atoms with Gasteiger partial charge in [0.05, 0.1) is 11.1 Å². The van der Waals surface area contributed by atoms with Crippen molar-refractivity contribution in [2.24, 2.45) is 0 Å². The highest BCUT2D eigenvalue weighted by Gasteiger charge is 2.30. The molecule has 34 heavy (non-hydrogen) atoms. The van der Waals surface area contributed by atoms with Crippen molar-refractivity contribution >= 4 is 28.6 Å². The van der Waals surface area contributed by atoms with Crippen LogP contribution >= 0.6 is 22.9 Å². The maximum atomic E-state index is 13.6. The lowest BCUT2D eigenvalue weighted by molar-refractivity contribution is -0.671. The molecule has 0 atom stereocenters. The Morgan fingerprint density at radius 2 is 2.09 bits per heavy atom. The number of nitrogens with zero attached hydrogens (tertiary/aromatic N) is 5. The number of aromatic nitrogens is 5.